The topological polar surface area (TPSA) is 70.7 Å². The van der Waals surface area contributed by atoms with Gasteiger partial charge in [0.15, 0.2) is 0 Å². The summed E-state index contributed by atoms with van der Waals surface area (Å²) < 4.78 is 28.3. The first-order valence-electron chi connectivity index (χ1n) is 11.6. The maximum Gasteiger partial charge on any atom is 0.122 e. The molecule has 0 fully saturated rings. The summed E-state index contributed by atoms with van der Waals surface area (Å²) in [6.07, 6.45) is 9.66. The molecule has 0 N–H and O–H groups in total. The van der Waals surface area contributed by atoms with E-state index < -0.39 is 11.6 Å². The van der Waals surface area contributed by atoms with Crippen molar-refractivity contribution in [2.24, 2.45) is 7.05 Å². The van der Waals surface area contributed by atoms with E-state index in [9.17, 15) is 8.78 Å². The smallest absolute Gasteiger partial charge is 0.122 e. The van der Waals surface area contributed by atoms with Gasteiger partial charge in [-0.15, -0.1) is 41.7 Å². The fourth-order valence-electron chi connectivity index (χ4n) is 3.78. The molecule has 39 heavy (non-hydrogen) atoms. The summed E-state index contributed by atoms with van der Waals surface area (Å²) in [4.78, 5) is 16.5. The largest absolute Gasteiger partial charge is 0.510 e. The van der Waals surface area contributed by atoms with Crippen LogP contribution in [-0.4, -0.2) is 43.5 Å². The van der Waals surface area contributed by atoms with Gasteiger partial charge in [-0.1, -0.05) is 11.6 Å². The molecule has 0 bridgehead atoms. The third-order valence-corrected chi connectivity index (χ3v) is 5.61. The van der Waals surface area contributed by atoms with Gasteiger partial charge in [-0.05, 0) is 52.0 Å². The molecule has 0 saturated heterocycles. The quantitative estimate of drug-likeness (QED) is 0.295. The first-order valence-corrected chi connectivity index (χ1v) is 11.6. The van der Waals surface area contributed by atoms with Crippen LogP contribution in [0.5, 0.6) is 0 Å². The average Bonchev–Trinajstić information content (AvgIpc) is 3.68. The molecular formula is C27H24F2IrN9-5. The molecule has 4 heterocycles. The fraction of sp³-hybridized carbons (Fsp3) is 0.148. The second-order valence-corrected chi connectivity index (χ2v) is 8.68. The van der Waals surface area contributed by atoms with Gasteiger partial charge in [0.1, 0.15) is 5.82 Å². The van der Waals surface area contributed by atoms with Crippen molar-refractivity contribution in [1.82, 2.24) is 34.5 Å². The average molecular weight is 705 g/mol. The molecule has 6 rings (SSSR count). The zero-order valence-corrected chi connectivity index (χ0v) is 23.9. The molecule has 2 aromatic heterocycles. The molecule has 0 atom stereocenters. The third-order valence-electron chi connectivity index (χ3n) is 5.61. The van der Waals surface area contributed by atoms with Crippen molar-refractivity contribution in [2.45, 2.75) is 6.92 Å². The minimum Gasteiger partial charge on any atom is -0.510 e. The van der Waals surface area contributed by atoms with E-state index in [1.807, 2.05) is 90.0 Å². The van der Waals surface area contributed by atoms with Crippen LogP contribution in [0.3, 0.4) is 0 Å². The van der Waals surface area contributed by atoms with E-state index in [0.29, 0.717) is 23.2 Å². The Balaban J connectivity index is 0.000000177. The Labute approximate surface area is 239 Å². The Morgan fingerprint density at radius 1 is 0.923 bits per heavy atom. The van der Waals surface area contributed by atoms with Gasteiger partial charge in [0, 0.05) is 56.1 Å². The predicted octanol–water partition coefficient (Wildman–Crippen LogP) is 4.06. The molecule has 2 aliphatic rings. The number of anilines is 2. The number of benzene rings is 2. The van der Waals surface area contributed by atoms with E-state index in [2.05, 4.69) is 32.3 Å². The zero-order chi connectivity index (χ0) is 26.8. The van der Waals surface area contributed by atoms with Gasteiger partial charge in [0.05, 0.1) is 0 Å². The molecule has 4 aromatic rings. The third kappa shape index (κ3) is 6.35. The summed E-state index contributed by atoms with van der Waals surface area (Å²) in [6, 6.07) is 13.9. The minimum atomic E-state index is -0.715. The zero-order valence-electron chi connectivity index (χ0n) is 21.5. The maximum absolute atomic E-state index is 13.7. The van der Waals surface area contributed by atoms with Crippen LogP contribution < -0.4 is 14.9 Å². The number of nitrogens with zero attached hydrogens (tertiary/aromatic N) is 9. The van der Waals surface area contributed by atoms with Crippen LogP contribution in [0.15, 0.2) is 61.3 Å². The SMILES string of the molecule is CN1C=CN(c2[c-]c(N3C=CN(C)[CH-]3)ccc2)[CH-]1.Cc1n[n-]c(-c2nc(-c3[c-]cc(F)cc3F)cn2C)n1.[Ir]. The molecule has 1 radical (unpaired) electrons. The molecule has 205 valence electrons. The summed E-state index contributed by atoms with van der Waals surface area (Å²) in [5.74, 6) is -0.0467. The number of aryl methyl sites for hydroxylation is 2. The van der Waals surface area contributed by atoms with E-state index in [-0.39, 0.29) is 25.7 Å². The summed E-state index contributed by atoms with van der Waals surface area (Å²) in [6.45, 7) is 5.75. The Kier molecular flexibility index (Phi) is 8.47. The van der Waals surface area contributed by atoms with E-state index >= 15 is 0 Å². The number of imidazole rings is 1. The normalized spacial score (nSPS) is 14.1. The second kappa shape index (κ2) is 11.8. The number of hydrogen-bond acceptors (Lipinski definition) is 7. The number of rotatable bonds is 4. The van der Waals surface area contributed by atoms with E-state index in [0.717, 1.165) is 23.5 Å². The standard InChI is InChI=1S/C14H15N4.C13H9F2N5.Ir/c1-15-6-8-17(11-15)13-4-3-5-14(10-13)18-9-7-16(2)12-18;1-7-16-12(19-18-7)13-17-11(6-20(13)2)9-4-3-8(14)5-10(9)15;/h3-9,11-12H,1-2H3;3,5-6H,1-2H3;/q-3;-2;. The van der Waals surface area contributed by atoms with Crippen LogP contribution in [-0.2, 0) is 27.2 Å². The molecule has 9 nitrogen and oxygen atoms in total. The first-order chi connectivity index (χ1) is 18.3. The van der Waals surface area contributed by atoms with Crippen molar-refractivity contribution in [3.05, 3.63) is 104 Å². The molecular weight excluding hydrogens is 681 g/mol. The molecule has 0 saturated carbocycles. The Bertz CT molecular complexity index is 1450. The van der Waals surface area contributed by atoms with Gasteiger partial charge in [0.2, 0.25) is 0 Å². The molecule has 12 heteroatoms. The van der Waals surface area contributed by atoms with Crippen LogP contribution in [0.4, 0.5) is 20.2 Å². The summed E-state index contributed by atoms with van der Waals surface area (Å²) in [5.41, 5.74) is 2.50. The van der Waals surface area contributed by atoms with Gasteiger partial charge in [0.25, 0.3) is 0 Å². The fourth-order valence-corrected chi connectivity index (χ4v) is 3.78. The van der Waals surface area contributed by atoms with Crippen LogP contribution in [0.2, 0.25) is 0 Å². The van der Waals surface area contributed by atoms with Crippen molar-refractivity contribution < 1.29 is 28.9 Å². The Hall–Kier alpha value is -4.02. The predicted molar refractivity (Wildman–Crippen MR) is 139 cm³/mol. The molecule has 0 aliphatic carbocycles. The minimum absolute atomic E-state index is 0. The van der Waals surface area contributed by atoms with Crippen LogP contribution in [0.25, 0.3) is 22.9 Å². The Morgan fingerprint density at radius 2 is 1.56 bits per heavy atom. The van der Waals surface area contributed by atoms with Crippen molar-refractivity contribution in [3.63, 3.8) is 0 Å². The van der Waals surface area contributed by atoms with E-state index in [4.69, 9.17) is 0 Å². The molecule has 2 aromatic carbocycles. The number of hydrogen-bond donors (Lipinski definition) is 0. The molecule has 0 spiro atoms. The van der Waals surface area contributed by atoms with E-state index in [1.165, 1.54) is 0 Å². The molecule has 0 amide bonds. The summed E-state index contributed by atoms with van der Waals surface area (Å²) in [7, 11) is 5.75. The monoisotopic (exact) mass is 705 g/mol. The van der Waals surface area contributed by atoms with Gasteiger partial charge in [-0.3, -0.25) is 18.9 Å². The van der Waals surface area contributed by atoms with Gasteiger partial charge < -0.3 is 34.2 Å². The van der Waals surface area contributed by atoms with Crippen LogP contribution in [0, 0.1) is 44.0 Å². The second-order valence-electron chi connectivity index (χ2n) is 8.68. The summed E-state index contributed by atoms with van der Waals surface area (Å²) in [5, 5.41) is 7.68. The molecule has 0 unspecified atom stereocenters. The maximum atomic E-state index is 13.7. The van der Waals surface area contributed by atoms with E-state index in [1.54, 1.807) is 24.7 Å². The molecule has 2 aliphatic heterocycles. The van der Waals surface area contributed by atoms with Crippen molar-refractivity contribution in [2.75, 3.05) is 23.9 Å². The summed E-state index contributed by atoms with van der Waals surface area (Å²) >= 11 is 0. The van der Waals surface area contributed by atoms with Crippen molar-refractivity contribution in [3.8, 4) is 22.9 Å². The number of halogens is 2. The van der Waals surface area contributed by atoms with Gasteiger partial charge in [-0.2, -0.15) is 19.4 Å². The first kappa shape index (κ1) is 28.0. The van der Waals surface area contributed by atoms with Crippen LogP contribution >= 0.6 is 0 Å². The van der Waals surface area contributed by atoms with Crippen LogP contribution in [0.1, 0.15) is 5.82 Å². The van der Waals surface area contributed by atoms with Gasteiger partial charge in [-0.25, -0.2) is 0 Å². The van der Waals surface area contributed by atoms with Crippen molar-refractivity contribution >= 4 is 11.4 Å². The Morgan fingerprint density at radius 3 is 2.08 bits per heavy atom. The van der Waals surface area contributed by atoms with Gasteiger partial charge >= 0.3 is 0 Å². The number of aromatic nitrogens is 5. The van der Waals surface area contributed by atoms with Crippen molar-refractivity contribution in [1.29, 1.82) is 0 Å².